The molecule has 0 spiro atoms. The van der Waals surface area contributed by atoms with E-state index in [0.29, 0.717) is 5.69 Å². The van der Waals surface area contributed by atoms with Crippen molar-refractivity contribution in [1.82, 2.24) is 0 Å². The summed E-state index contributed by atoms with van der Waals surface area (Å²) in [6.45, 7) is 1.50. The molecule has 2 rings (SSSR count). The monoisotopic (exact) mass is 344 g/mol. The molecular formula is C14H14Cl2N2O4. The van der Waals surface area contributed by atoms with Crippen LogP contribution in [0.25, 0.3) is 0 Å². The second-order valence-corrected chi connectivity index (χ2v) is 5.69. The molecule has 0 aromatic heterocycles. The summed E-state index contributed by atoms with van der Waals surface area (Å²) in [5, 5.41) is 14.6. The summed E-state index contributed by atoms with van der Waals surface area (Å²) >= 11 is 11.8. The number of carbonyl (C=O) groups is 1. The number of hydrogen-bond acceptors (Lipinski definition) is 5. The van der Waals surface area contributed by atoms with Crippen molar-refractivity contribution in [3.05, 3.63) is 44.6 Å². The topological polar surface area (TPSA) is 81.5 Å². The largest absolute Gasteiger partial charge is 0.465 e. The Morgan fingerprint density at radius 3 is 2.77 bits per heavy atom. The number of nitrogens with zero attached hydrogens (tertiary/aromatic N) is 1. The maximum Gasteiger partial charge on any atom is 0.302 e. The van der Waals surface area contributed by atoms with E-state index in [4.69, 9.17) is 27.9 Å². The van der Waals surface area contributed by atoms with Crippen LogP contribution in [-0.2, 0) is 9.53 Å². The lowest BCUT2D eigenvalue weighted by molar-refractivity contribution is -0.384. The maximum atomic E-state index is 11.1. The number of hydrogen-bond donors (Lipinski definition) is 1. The van der Waals surface area contributed by atoms with Crippen LogP contribution in [0.2, 0.25) is 10.0 Å². The highest BCUT2D eigenvalue weighted by molar-refractivity contribution is 6.42. The minimum Gasteiger partial charge on any atom is -0.465 e. The third-order valence-corrected chi connectivity index (χ3v) is 4.04. The van der Waals surface area contributed by atoms with Crippen molar-refractivity contribution in [2.45, 2.75) is 25.8 Å². The maximum absolute atomic E-state index is 11.1. The lowest BCUT2D eigenvalue weighted by atomic mass is 10.0. The quantitative estimate of drug-likeness (QED) is 0.498. The van der Waals surface area contributed by atoms with Crippen LogP contribution >= 0.6 is 23.2 Å². The molecule has 0 aliphatic heterocycles. The number of nitro benzene ring substituents is 1. The van der Waals surface area contributed by atoms with E-state index >= 15 is 0 Å². The van der Waals surface area contributed by atoms with Crippen molar-refractivity contribution in [2.75, 3.05) is 11.9 Å². The van der Waals surface area contributed by atoms with Gasteiger partial charge >= 0.3 is 5.97 Å². The summed E-state index contributed by atoms with van der Waals surface area (Å²) in [5.41, 5.74) is 0.146. The van der Waals surface area contributed by atoms with Gasteiger partial charge in [0.1, 0.15) is 5.69 Å². The van der Waals surface area contributed by atoms with Gasteiger partial charge in [-0.2, -0.15) is 0 Å². The molecule has 0 saturated heterocycles. The van der Waals surface area contributed by atoms with Gasteiger partial charge in [-0.15, -0.1) is 0 Å². The molecule has 0 bridgehead atoms. The highest BCUT2D eigenvalue weighted by atomic mass is 35.5. The molecule has 118 valence electrons. The van der Waals surface area contributed by atoms with Gasteiger partial charge in [0.05, 0.1) is 21.6 Å². The summed E-state index contributed by atoms with van der Waals surface area (Å²) in [4.78, 5) is 21.5. The predicted octanol–water partition coefficient (Wildman–Crippen LogP) is 3.82. The highest BCUT2D eigenvalue weighted by Gasteiger charge is 2.31. The van der Waals surface area contributed by atoms with Crippen LogP contribution in [0.4, 0.5) is 11.4 Å². The van der Waals surface area contributed by atoms with Crippen LogP contribution in [0.15, 0.2) is 12.1 Å². The van der Waals surface area contributed by atoms with Gasteiger partial charge < -0.3 is 10.1 Å². The molecule has 1 atom stereocenters. The van der Waals surface area contributed by atoms with Crippen molar-refractivity contribution in [1.29, 1.82) is 0 Å². The molecule has 6 nitrogen and oxygen atoms in total. The summed E-state index contributed by atoms with van der Waals surface area (Å²) in [6.07, 6.45) is 3.53. The van der Waals surface area contributed by atoms with Crippen molar-refractivity contribution in [3.63, 3.8) is 0 Å². The molecule has 0 amide bonds. The second kappa shape index (κ2) is 7.15. The first-order valence-corrected chi connectivity index (χ1v) is 7.36. The average Bonchev–Trinajstić information content (AvgIpc) is 2.87. The Morgan fingerprint density at radius 2 is 2.14 bits per heavy atom. The fourth-order valence-electron chi connectivity index (χ4n) is 2.26. The Hall–Kier alpha value is -1.53. The Labute approximate surface area is 137 Å². The van der Waals surface area contributed by atoms with Crippen LogP contribution in [0.3, 0.4) is 0 Å². The van der Waals surface area contributed by atoms with Crippen LogP contribution in [-0.4, -0.2) is 23.5 Å². The number of benzene rings is 1. The predicted molar refractivity (Wildman–Crippen MR) is 83.9 cm³/mol. The van der Waals surface area contributed by atoms with E-state index in [1.54, 1.807) is 0 Å². The number of ether oxygens (including phenoxy) is 1. The lowest BCUT2D eigenvalue weighted by Gasteiger charge is -2.21. The van der Waals surface area contributed by atoms with E-state index < -0.39 is 4.92 Å². The molecule has 1 aliphatic carbocycles. The van der Waals surface area contributed by atoms with Crippen molar-refractivity contribution < 1.29 is 14.5 Å². The molecule has 8 heteroatoms. The van der Waals surface area contributed by atoms with E-state index in [1.165, 1.54) is 19.1 Å². The Balaban J connectivity index is 2.17. The zero-order valence-electron chi connectivity index (χ0n) is 11.8. The summed E-state index contributed by atoms with van der Waals surface area (Å²) < 4.78 is 4.99. The van der Waals surface area contributed by atoms with Gasteiger partial charge in [0.25, 0.3) is 5.69 Å². The van der Waals surface area contributed by atoms with Crippen molar-refractivity contribution in [3.8, 4) is 0 Å². The standard InChI is InChI=1S/C14H14Cl2N2O4/c1-8(19)22-7-9-3-2-4-12(9)17-13-5-10(15)11(16)6-14(13)18(20)21/h3,5-6,12,17H,2,4,7H2,1H3. The molecule has 1 unspecified atom stereocenters. The molecule has 1 aliphatic rings. The third kappa shape index (κ3) is 4.01. The summed E-state index contributed by atoms with van der Waals surface area (Å²) in [6, 6.07) is 2.51. The smallest absolute Gasteiger partial charge is 0.302 e. The first-order valence-electron chi connectivity index (χ1n) is 6.60. The van der Waals surface area contributed by atoms with E-state index in [0.717, 1.165) is 18.8 Å². The van der Waals surface area contributed by atoms with Crippen LogP contribution < -0.4 is 5.32 Å². The number of nitro groups is 1. The van der Waals surface area contributed by atoms with Crippen molar-refractivity contribution >= 4 is 40.5 Å². The fraction of sp³-hybridized carbons (Fsp3) is 0.357. The first-order chi connectivity index (χ1) is 10.4. The normalized spacial score (nSPS) is 18.2. The number of anilines is 1. The van der Waals surface area contributed by atoms with Gasteiger partial charge in [-0.1, -0.05) is 23.2 Å². The number of nitrogens with one attached hydrogen (secondary N) is 1. The Kier molecular flexibility index (Phi) is 5.47. The van der Waals surface area contributed by atoms with Gasteiger partial charge in [-0.25, -0.2) is 0 Å². The molecule has 1 N–H and O–H groups in total. The van der Waals surface area contributed by atoms with Gasteiger partial charge in [0, 0.05) is 24.9 Å². The average molecular weight is 345 g/mol. The molecule has 2 radical (unpaired) electrons. The van der Waals surface area contributed by atoms with Gasteiger partial charge in [-0.3, -0.25) is 14.9 Å². The fourth-order valence-corrected chi connectivity index (χ4v) is 2.58. The van der Waals surface area contributed by atoms with E-state index in [2.05, 4.69) is 5.32 Å². The van der Waals surface area contributed by atoms with E-state index in [-0.39, 0.29) is 34.4 Å². The molecule has 1 aromatic carbocycles. The van der Waals surface area contributed by atoms with E-state index in [9.17, 15) is 14.9 Å². The lowest BCUT2D eigenvalue weighted by Crippen LogP contribution is -2.27. The molecule has 0 heterocycles. The number of carbonyl (C=O) groups excluding carboxylic acids is 1. The zero-order chi connectivity index (χ0) is 16.3. The summed E-state index contributed by atoms with van der Waals surface area (Å²) in [7, 11) is 0. The van der Waals surface area contributed by atoms with Gasteiger partial charge in [0.15, 0.2) is 0 Å². The highest BCUT2D eigenvalue weighted by Crippen LogP contribution is 2.37. The van der Waals surface area contributed by atoms with E-state index in [1.807, 2.05) is 6.42 Å². The number of rotatable bonds is 5. The minimum absolute atomic E-state index is 0.126. The zero-order valence-corrected chi connectivity index (χ0v) is 13.3. The summed E-state index contributed by atoms with van der Waals surface area (Å²) in [5.74, 6) is 0.516. The molecule has 1 aromatic rings. The van der Waals surface area contributed by atoms with Crippen LogP contribution in [0, 0.1) is 22.5 Å². The molecule has 22 heavy (non-hydrogen) atoms. The van der Waals surface area contributed by atoms with Gasteiger partial charge in [0.2, 0.25) is 0 Å². The minimum atomic E-state index is -0.519. The molecule has 1 fully saturated rings. The second-order valence-electron chi connectivity index (χ2n) is 4.87. The molecule has 1 saturated carbocycles. The molecular weight excluding hydrogens is 331 g/mol. The van der Waals surface area contributed by atoms with Crippen LogP contribution in [0.5, 0.6) is 0 Å². The van der Waals surface area contributed by atoms with Crippen LogP contribution in [0.1, 0.15) is 19.8 Å². The number of esters is 1. The number of halogens is 2. The first kappa shape index (κ1) is 16.8. The SMILES string of the molecule is CC(=O)OC[C]1[CH]CCC1Nc1cc(Cl)c(Cl)cc1[N+](=O)[O-]. The Morgan fingerprint density at radius 1 is 1.45 bits per heavy atom. The third-order valence-electron chi connectivity index (χ3n) is 3.32. The van der Waals surface area contributed by atoms with Gasteiger partial charge in [-0.05, 0) is 25.3 Å². The van der Waals surface area contributed by atoms with Crippen molar-refractivity contribution in [2.24, 2.45) is 0 Å². The Bertz CT molecular complexity index is 594.